The van der Waals surface area contributed by atoms with Crippen LogP contribution in [0.5, 0.6) is 0 Å². The molecule has 0 amide bonds. The Morgan fingerprint density at radius 1 is 0.328 bits per heavy atom. The quantitative estimate of drug-likeness (QED) is 0.160. The Labute approximate surface area is 355 Å². The summed E-state index contributed by atoms with van der Waals surface area (Å²) in [5.41, 5.74) is 16.8. The van der Waals surface area contributed by atoms with Gasteiger partial charge in [-0.2, -0.15) is 0 Å². The van der Waals surface area contributed by atoms with Crippen molar-refractivity contribution in [2.75, 3.05) is 4.90 Å². The zero-order chi connectivity index (χ0) is 40.3. The van der Waals surface area contributed by atoms with Gasteiger partial charge in [0, 0.05) is 27.8 Å². The third kappa shape index (κ3) is 5.57. The lowest BCUT2D eigenvalue weighted by Crippen LogP contribution is -2.28. The minimum atomic E-state index is -0.518. The van der Waals surface area contributed by atoms with Crippen LogP contribution in [-0.4, -0.2) is 0 Å². The number of hydrogen-bond donors (Lipinski definition) is 0. The molecule has 0 atom stereocenters. The van der Waals surface area contributed by atoms with Crippen molar-refractivity contribution < 1.29 is 4.42 Å². The minimum absolute atomic E-state index is 0.518. The van der Waals surface area contributed by atoms with E-state index >= 15 is 0 Å². The fourth-order valence-electron chi connectivity index (χ4n) is 10.00. The molecule has 0 N–H and O–H groups in total. The first-order chi connectivity index (χ1) is 30.2. The molecule has 1 aliphatic carbocycles. The normalized spacial score (nSPS) is 12.7. The first-order valence-electron chi connectivity index (χ1n) is 21.0. The first kappa shape index (κ1) is 35.0. The molecule has 0 spiro atoms. The van der Waals surface area contributed by atoms with Crippen LogP contribution in [0, 0.1) is 0 Å². The number of anilines is 3. The molecule has 1 aromatic heterocycles. The van der Waals surface area contributed by atoms with Crippen LogP contribution in [-0.2, 0) is 5.41 Å². The molecule has 0 unspecified atom stereocenters. The van der Waals surface area contributed by atoms with E-state index in [1.807, 2.05) is 0 Å². The van der Waals surface area contributed by atoms with Crippen LogP contribution in [0.1, 0.15) is 22.3 Å². The molecule has 2 heteroatoms. The van der Waals surface area contributed by atoms with Crippen molar-refractivity contribution in [3.8, 4) is 33.4 Å². The van der Waals surface area contributed by atoms with Crippen molar-refractivity contribution in [2.24, 2.45) is 0 Å². The Hall–Kier alpha value is -7.94. The molecular formula is C59H39NO. The highest BCUT2D eigenvalue weighted by atomic mass is 16.3. The van der Waals surface area contributed by atoms with E-state index in [1.54, 1.807) is 0 Å². The number of furan rings is 1. The van der Waals surface area contributed by atoms with E-state index in [0.717, 1.165) is 39.0 Å². The number of benzene rings is 10. The van der Waals surface area contributed by atoms with E-state index < -0.39 is 5.41 Å². The van der Waals surface area contributed by atoms with Crippen LogP contribution in [0.4, 0.5) is 17.1 Å². The van der Waals surface area contributed by atoms with Gasteiger partial charge in [0.05, 0.1) is 5.41 Å². The van der Waals surface area contributed by atoms with E-state index in [0.29, 0.717) is 0 Å². The van der Waals surface area contributed by atoms with Gasteiger partial charge in [0.25, 0.3) is 0 Å². The molecule has 0 saturated heterocycles. The smallest absolute Gasteiger partial charge is 0.136 e. The maximum absolute atomic E-state index is 6.59. The Morgan fingerprint density at radius 3 is 1.56 bits per heavy atom. The standard InChI is InChI=1S/C59H39NO/c1-5-15-40(16-6-1)42-25-29-47(30-26-42)60(48-32-36-56-53(38-48)58-50-33-27-43(41-17-7-2-8-18-41)37-44(50)28-35-57(58)61-56)49-31-34-52-51-23-13-14-24-54(51)59(55(52)39-49,45-19-9-3-10-20-45)46-21-11-4-12-22-46/h1-39H. The number of hydrogen-bond acceptors (Lipinski definition) is 2. The molecule has 0 saturated carbocycles. The first-order valence-corrected chi connectivity index (χ1v) is 21.0. The third-order valence-corrected chi connectivity index (χ3v) is 12.7. The second-order valence-electron chi connectivity index (χ2n) is 16.0. The zero-order valence-corrected chi connectivity index (χ0v) is 33.4. The number of nitrogens with zero attached hydrogens (tertiary/aromatic N) is 1. The van der Waals surface area contributed by atoms with Crippen molar-refractivity contribution in [3.63, 3.8) is 0 Å². The monoisotopic (exact) mass is 777 g/mol. The van der Waals surface area contributed by atoms with E-state index in [9.17, 15) is 0 Å². The summed E-state index contributed by atoms with van der Waals surface area (Å²) < 4.78 is 6.59. The number of rotatable bonds is 7. The fraction of sp³-hybridized carbons (Fsp3) is 0.0169. The predicted octanol–water partition coefficient (Wildman–Crippen LogP) is 15.9. The van der Waals surface area contributed by atoms with Gasteiger partial charge >= 0.3 is 0 Å². The van der Waals surface area contributed by atoms with Crippen molar-refractivity contribution in [1.82, 2.24) is 0 Å². The van der Waals surface area contributed by atoms with Gasteiger partial charge in [0.1, 0.15) is 11.2 Å². The van der Waals surface area contributed by atoms with Crippen LogP contribution >= 0.6 is 0 Å². The lowest BCUT2D eigenvalue weighted by atomic mass is 9.67. The van der Waals surface area contributed by atoms with Gasteiger partial charge in [-0.25, -0.2) is 0 Å². The zero-order valence-electron chi connectivity index (χ0n) is 33.4. The van der Waals surface area contributed by atoms with Gasteiger partial charge in [-0.15, -0.1) is 0 Å². The van der Waals surface area contributed by atoms with Gasteiger partial charge in [-0.05, 0) is 121 Å². The van der Waals surface area contributed by atoms with E-state index in [2.05, 4.69) is 241 Å². The molecule has 61 heavy (non-hydrogen) atoms. The van der Waals surface area contributed by atoms with Crippen LogP contribution in [0.3, 0.4) is 0 Å². The highest BCUT2D eigenvalue weighted by molar-refractivity contribution is 6.19. The molecule has 10 aromatic carbocycles. The molecule has 1 aliphatic rings. The maximum atomic E-state index is 6.59. The van der Waals surface area contributed by atoms with Crippen molar-refractivity contribution in [3.05, 3.63) is 259 Å². The van der Waals surface area contributed by atoms with Crippen LogP contribution in [0.15, 0.2) is 241 Å². The topological polar surface area (TPSA) is 16.4 Å². The average molecular weight is 778 g/mol. The summed E-state index contributed by atoms with van der Waals surface area (Å²) >= 11 is 0. The predicted molar refractivity (Wildman–Crippen MR) is 254 cm³/mol. The van der Waals surface area contributed by atoms with Crippen molar-refractivity contribution >= 4 is 49.8 Å². The maximum Gasteiger partial charge on any atom is 0.136 e. The molecule has 11 aromatic rings. The summed E-state index contributed by atoms with van der Waals surface area (Å²) in [6.45, 7) is 0. The summed E-state index contributed by atoms with van der Waals surface area (Å²) in [4.78, 5) is 2.41. The second kappa shape index (κ2) is 14.1. The highest BCUT2D eigenvalue weighted by Gasteiger charge is 2.46. The van der Waals surface area contributed by atoms with Gasteiger partial charge in [0.15, 0.2) is 0 Å². The second-order valence-corrected chi connectivity index (χ2v) is 16.0. The summed E-state index contributed by atoms with van der Waals surface area (Å²) in [6, 6.07) is 86.0. The largest absolute Gasteiger partial charge is 0.456 e. The Kier molecular flexibility index (Phi) is 8.11. The van der Waals surface area contributed by atoms with E-state index in [4.69, 9.17) is 4.42 Å². The van der Waals surface area contributed by atoms with Crippen LogP contribution < -0.4 is 4.90 Å². The molecule has 0 bridgehead atoms. The van der Waals surface area contributed by atoms with Gasteiger partial charge < -0.3 is 9.32 Å². The molecule has 0 radical (unpaired) electrons. The van der Waals surface area contributed by atoms with Crippen molar-refractivity contribution in [1.29, 1.82) is 0 Å². The molecule has 2 nitrogen and oxygen atoms in total. The lowest BCUT2D eigenvalue weighted by molar-refractivity contribution is 0.669. The average Bonchev–Trinajstić information content (AvgIpc) is 3.86. The molecule has 1 heterocycles. The minimum Gasteiger partial charge on any atom is -0.456 e. The molecule has 0 fully saturated rings. The Bertz CT molecular complexity index is 3350. The summed E-state index contributed by atoms with van der Waals surface area (Å²) in [7, 11) is 0. The summed E-state index contributed by atoms with van der Waals surface area (Å²) in [5.74, 6) is 0. The van der Waals surface area contributed by atoms with E-state index in [1.165, 1.54) is 66.4 Å². The van der Waals surface area contributed by atoms with Gasteiger partial charge in [-0.1, -0.05) is 182 Å². The Morgan fingerprint density at radius 2 is 0.852 bits per heavy atom. The lowest BCUT2D eigenvalue weighted by Gasteiger charge is -2.35. The molecular weight excluding hydrogens is 739 g/mol. The van der Waals surface area contributed by atoms with Gasteiger partial charge in [-0.3, -0.25) is 0 Å². The number of fused-ring (bicyclic) bond motifs is 8. The van der Waals surface area contributed by atoms with Gasteiger partial charge in [0.2, 0.25) is 0 Å². The summed E-state index contributed by atoms with van der Waals surface area (Å²) in [6.07, 6.45) is 0. The van der Waals surface area contributed by atoms with Crippen molar-refractivity contribution in [2.45, 2.75) is 5.41 Å². The SMILES string of the molecule is c1ccc(-c2ccc(N(c3ccc4c(c3)C(c3ccccc3)(c3ccccc3)c3ccccc3-4)c3ccc4oc5ccc6cc(-c7ccccc7)ccc6c5c4c3)cc2)cc1. The van der Waals surface area contributed by atoms with E-state index in [-0.39, 0.29) is 0 Å². The Balaban J connectivity index is 1.09. The van der Waals surface area contributed by atoms with Crippen LogP contribution in [0.2, 0.25) is 0 Å². The van der Waals surface area contributed by atoms with Crippen LogP contribution in [0.25, 0.3) is 66.1 Å². The molecule has 286 valence electrons. The molecule has 0 aliphatic heterocycles. The third-order valence-electron chi connectivity index (χ3n) is 12.7. The highest BCUT2D eigenvalue weighted by Crippen LogP contribution is 2.57. The fourth-order valence-corrected chi connectivity index (χ4v) is 10.00. The molecule has 12 rings (SSSR count). The summed E-state index contributed by atoms with van der Waals surface area (Å²) in [5, 5.41) is 4.59.